The number of aromatic nitrogens is 2. The molecule has 0 aliphatic carbocycles. The molecule has 3 heterocycles. The van der Waals surface area contributed by atoms with Gasteiger partial charge < -0.3 is 21.5 Å². The van der Waals surface area contributed by atoms with Crippen molar-refractivity contribution in [2.24, 2.45) is 18.7 Å². The van der Waals surface area contributed by atoms with Crippen LogP contribution < -0.4 is 16.4 Å². The molecule has 0 aromatic carbocycles. The van der Waals surface area contributed by atoms with E-state index in [0.717, 1.165) is 25.1 Å². The van der Waals surface area contributed by atoms with Gasteiger partial charge in [-0.2, -0.15) is 18.3 Å². The van der Waals surface area contributed by atoms with Gasteiger partial charge in [-0.1, -0.05) is 11.8 Å². The molecule has 1 fully saturated rings. The van der Waals surface area contributed by atoms with Gasteiger partial charge in [0.25, 0.3) is 0 Å². The third-order valence-electron chi connectivity index (χ3n) is 4.16. The monoisotopic (exact) mass is 471 g/mol. The van der Waals surface area contributed by atoms with E-state index in [1.807, 2.05) is 13.2 Å². The topological polar surface area (TPSA) is 139 Å². The number of amides is 2. The first kappa shape index (κ1) is 24.9. The number of carboxylic acids is 1. The maximum absolute atomic E-state index is 12.6. The number of hydrogen-bond acceptors (Lipinski definition) is 6. The zero-order chi connectivity index (χ0) is 23.9. The Hall–Kier alpha value is -3.37. The lowest BCUT2D eigenvalue weighted by atomic mass is 10.0. The Labute approximate surface area is 184 Å². The molecule has 2 amide bonds. The largest absolute Gasteiger partial charge is 0.490 e. The number of primary amides is 1. The van der Waals surface area contributed by atoms with E-state index >= 15 is 0 Å². The summed E-state index contributed by atoms with van der Waals surface area (Å²) in [4.78, 5) is 33.9. The Morgan fingerprint density at radius 3 is 2.59 bits per heavy atom. The number of aliphatic carboxylic acids is 1. The van der Waals surface area contributed by atoms with E-state index in [4.69, 9.17) is 15.6 Å². The van der Waals surface area contributed by atoms with Crippen LogP contribution >= 0.6 is 11.3 Å². The molecule has 1 atom stereocenters. The molecular formula is C19H20F3N5O4S. The van der Waals surface area contributed by atoms with Crippen LogP contribution in [0.15, 0.2) is 18.5 Å². The van der Waals surface area contributed by atoms with E-state index < -0.39 is 18.2 Å². The first-order valence-electron chi connectivity index (χ1n) is 9.20. The lowest BCUT2D eigenvalue weighted by Crippen LogP contribution is -2.21. The van der Waals surface area contributed by atoms with E-state index in [9.17, 15) is 22.8 Å². The number of halogens is 3. The number of carbonyl (C=O) groups excluding carboxylic acids is 2. The number of carboxylic acid groups (broad SMARTS) is 1. The van der Waals surface area contributed by atoms with Crippen LogP contribution in [0.3, 0.4) is 0 Å². The average Bonchev–Trinajstić information content (AvgIpc) is 3.41. The molecule has 1 aliphatic rings. The highest BCUT2D eigenvalue weighted by Gasteiger charge is 2.38. The number of nitrogens with one attached hydrogen (secondary N) is 2. The number of aryl methyl sites for hydroxylation is 1. The molecule has 172 valence electrons. The molecule has 5 N–H and O–H groups in total. The van der Waals surface area contributed by atoms with E-state index in [1.54, 1.807) is 16.9 Å². The number of hydrogen-bond donors (Lipinski definition) is 4. The average molecular weight is 471 g/mol. The third kappa shape index (κ3) is 7.71. The third-order valence-corrected chi connectivity index (χ3v) is 5.25. The van der Waals surface area contributed by atoms with Crippen molar-refractivity contribution in [3.63, 3.8) is 0 Å². The Balaban J connectivity index is 0.000000451. The number of ketones is 1. The first-order valence-corrected chi connectivity index (χ1v) is 10.0. The van der Waals surface area contributed by atoms with Gasteiger partial charge in [-0.05, 0) is 31.5 Å². The lowest BCUT2D eigenvalue weighted by molar-refractivity contribution is -0.192. The van der Waals surface area contributed by atoms with Gasteiger partial charge in [0.1, 0.15) is 0 Å². The van der Waals surface area contributed by atoms with Crippen molar-refractivity contribution in [1.29, 1.82) is 0 Å². The van der Waals surface area contributed by atoms with Crippen LogP contribution in [0.5, 0.6) is 0 Å². The molecule has 0 spiro atoms. The number of Topliss-reactive ketones (excluding diaryl/α,β-unsaturated/α-hetero) is 1. The summed E-state index contributed by atoms with van der Waals surface area (Å²) in [6.07, 6.45) is -0.162. The fourth-order valence-corrected chi connectivity index (χ4v) is 3.66. The van der Waals surface area contributed by atoms with Crippen LogP contribution in [0, 0.1) is 17.8 Å². The van der Waals surface area contributed by atoms with Gasteiger partial charge in [0.2, 0.25) is 0 Å². The predicted molar refractivity (Wildman–Crippen MR) is 110 cm³/mol. The van der Waals surface area contributed by atoms with Crippen molar-refractivity contribution in [2.45, 2.75) is 19.0 Å². The molecule has 1 aliphatic heterocycles. The summed E-state index contributed by atoms with van der Waals surface area (Å²) in [5, 5.41) is 17.0. The van der Waals surface area contributed by atoms with Crippen LogP contribution in [0.2, 0.25) is 0 Å². The Bertz CT molecular complexity index is 1050. The maximum Gasteiger partial charge on any atom is 0.490 e. The van der Waals surface area contributed by atoms with Crippen LogP contribution in [-0.4, -0.2) is 51.9 Å². The molecule has 0 bridgehead atoms. The van der Waals surface area contributed by atoms with Gasteiger partial charge in [-0.3, -0.25) is 9.48 Å². The zero-order valence-electron chi connectivity index (χ0n) is 16.8. The van der Waals surface area contributed by atoms with Gasteiger partial charge >= 0.3 is 18.2 Å². The highest BCUT2D eigenvalue weighted by molar-refractivity contribution is 7.15. The Morgan fingerprint density at radius 2 is 2.09 bits per heavy atom. The number of thiophene rings is 1. The predicted octanol–water partition coefficient (Wildman–Crippen LogP) is 2.19. The van der Waals surface area contributed by atoms with Crippen molar-refractivity contribution in [1.82, 2.24) is 15.1 Å². The number of nitrogens with two attached hydrogens (primary N) is 1. The minimum absolute atomic E-state index is 0.0110. The van der Waals surface area contributed by atoms with Crippen molar-refractivity contribution in [3.8, 4) is 11.8 Å². The second kappa shape index (κ2) is 10.8. The molecule has 0 radical (unpaired) electrons. The quantitative estimate of drug-likeness (QED) is 0.398. The number of urea groups is 1. The van der Waals surface area contributed by atoms with Gasteiger partial charge in [0, 0.05) is 19.7 Å². The number of nitrogens with zero attached hydrogens (tertiary/aromatic N) is 2. The molecule has 2 aromatic heterocycles. The minimum Gasteiger partial charge on any atom is -0.475 e. The summed E-state index contributed by atoms with van der Waals surface area (Å²) < 4.78 is 33.4. The fraction of sp³-hybridized carbons (Fsp3) is 0.368. The number of anilines is 1. The Morgan fingerprint density at radius 1 is 1.41 bits per heavy atom. The van der Waals surface area contributed by atoms with Crippen LogP contribution in [0.1, 0.15) is 33.0 Å². The van der Waals surface area contributed by atoms with Crippen molar-refractivity contribution >= 4 is 34.8 Å². The van der Waals surface area contributed by atoms with E-state index in [1.165, 1.54) is 11.3 Å². The molecular weight excluding hydrogens is 451 g/mol. The molecule has 2 aromatic rings. The van der Waals surface area contributed by atoms with E-state index in [2.05, 4.69) is 27.6 Å². The lowest BCUT2D eigenvalue weighted by Gasteiger charge is -2.07. The first-order chi connectivity index (χ1) is 15.0. The zero-order valence-corrected chi connectivity index (χ0v) is 17.6. The van der Waals surface area contributed by atoms with Gasteiger partial charge in [0.05, 0.1) is 27.2 Å². The number of alkyl halides is 3. The summed E-state index contributed by atoms with van der Waals surface area (Å²) in [5.74, 6) is 3.60. The summed E-state index contributed by atoms with van der Waals surface area (Å²) >= 11 is 1.28. The van der Waals surface area contributed by atoms with E-state index in [0.29, 0.717) is 27.8 Å². The highest BCUT2D eigenvalue weighted by atomic mass is 32.1. The normalized spacial score (nSPS) is 15.2. The van der Waals surface area contributed by atoms with Crippen LogP contribution in [-0.2, 0) is 11.8 Å². The molecule has 13 heteroatoms. The molecule has 1 unspecified atom stereocenters. The van der Waals surface area contributed by atoms with Crippen molar-refractivity contribution < 1.29 is 32.7 Å². The fourth-order valence-electron chi connectivity index (χ4n) is 2.75. The summed E-state index contributed by atoms with van der Waals surface area (Å²) in [6.45, 7) is 1.79. The second-order valence-electron chi connectivity index (χ2n) is 6.78. The van der Waals surface area contributed by atoms with Gasteiger partial charge in [-0.25, -0.2) is 9.59 Å². The van der Waals surface area contributed by atoms with Crippen molar-refractivity contribution in [3.05, 3.63) is 33.8 Å². The Kier molecular flexibility index (Phi) is 8.39. The molecule has 32 heavy (non-hydrogen) atoms. The number of carbonyl (C=O) groups is 3. The standard InChI is InChI=1S/C17H19N5O2S.C2HF3O2/c1-22-10-12(9-20-22)2-3-13-7-14(21-17(18)24)16(25-13)15(23)6-11-4-5-19-8-11;3-2(4,5)1(6)7/h7,9-11,19H,4-6,8H2,1H3,(H3,18,21,24);(H,6,7). The molecule has 9 nitrogen and oxygen atoms in total. The SMILES string of the molecule is Cn1cc(C#Cc2cc(NC(N)=O)c(C(=O)CC3CCNC3)s2)cn1.O=C(O)C(F)(F)F. The minimum atomic E-state index is -5.08. The second-order valence-corrected chi connectivity index (χ2v) is 7.84. The van der Waals surface area contributed by atoms with Crippen LogP contribution in [0.4, 0.5) is 23.7 Å². The maximum atomic E-state index is 12.6. The van der Waals surface area contributed by atoms with Gasteiger partial charge in [-0.15, -0.1) is 11.3 Å². The molecule has 3 rings (SSSR count). The summed E-state index contributed by atoms with van der Waals surface area (Å²) in [7, 11) is 1.82. The van der Waals surface area contributed by atoms with Gasteiger partial charge in [0.15, 0.2) is 5.78 Å². The number of rotatable bonds is 4. The summed E-state index contributed by atoms with van der Waals surface area (Å²) in [5.41, 5.74) is 6.44. The molecule has 1 saturated heterocycles. The smallest absolute Gasteiger partial charge is 0.475 e. The highest BCUT2D eigenvalue weighted by Crippen LogP contribution is 2.30. The van der Waals surface area contributed by atoms with Crippen LogP contribution in [0.25, 0.3) is 0 Å². The van der Waals surface area contributed by atoms with E-state index in [-0.39, 0.29) is 5.78 Å². The molecule has 0 saturated carbocycles. The van der Waals surface area contributed by atoms with Crippen molar-refractivity contribution in [2.75, 3.05) is 18.4 Å². The summed E-state index contributed by atoms with van der Waals surface area (Å²) in [6, 6.07) is 1.00.